The lowest BCUT2D eigenvalue weighted by Gasteiger charge is -2.10. The van der Waals surface area contributed by atoms with Crippen molar-refractivity contribution < 1.29 is 29.6 Å². The zero-order valence-corrected chi connectivity index (χ0v) is 21.4. The highest BCUT2D eigenvalue weighted by atomic mass is 16.7. The maximum atomic E-state index is 11.3. The van der Waals surface area contributed by atoms with Crippen molar-refractivity contribution in [3.8, 4) is 39.9 Å². The van der Waals surface area contributed by atoms with Crippen molar-refractivity contribution in [3.63, 3.8) is 0 Å². The standard InChI is InChI=1S/C30H25N3O6/c1-17-10-11-20(14-18(17)2)33-26-16-21(38-3)12-13-24(26)27(29(33)35)32-31-25-9-5-8-23(28(25)34)19-6-4-7-22(15-19)39-30(36)37/h4-16,34-35H,1-3H3,(H,36,37). The fourth-order valence-corrected chi connectivity index (χ4v) is 4.37. The molecule has 0 atom stereocenters. The summed E-state index contributed by atoms with van der Waals surface area (Å²) in [4.78, 5) is 10.9. The van der Waals surface area contributed by atoms with Crippen LogP contribution in [0.1, 0.15) is 11.1 Å². The second-order valence-electron chi connectivity index (χ2n) is 8.93. The number of hydrogen-bond donors (Lipinski definition) is 3. The molecule has 0 aliphatic heterocycles. The summed E-state index contributed by atoms with van der Waals surface area (Å²) in [5.74, 6) is 0.464. The molecule has 4 aromatic carbocycles. The monoisotopic (exact) mass is 523 g/mol. The van der Waals surface area contributed by atoms with Crippen LogP contribution in [0.25, 0.3) is 27.7 Å². The lowest BCUT2D eigenvalue weighted by Crippen LogP contribution is -2.02. The maximum Gasteiger partial charge on any atom is 0.511 e. The Labute approximate surface area is 223 Å². The summed E-state index contributed by atoms with van der Waals surface area (Å²) in [5.41, 5.74) is 4.96. The van der Waals surface area contributed by atoms with Gasteiger partial charge in [0.1, 0.15) is 17.2 Å². The molecular weight excluding hydrogens is 498 g/mol. The molecule has 9 nitrogen and oxygen atoms in total. The van der Waals surface area contributed by atoms with Crippen LogP contribution in [0, 0.1) is 13.8 Å². The van der Waals surface area contributed by atoms with Crippen LogP contribution >= 0.6 is 0 Å². The number of nitrogens with zero attached hydrogens (tertiary/aromatic N) is 3. The molecule has 5 rings (SSSR count). The largest absolute Gasteiger partial charge is 0.511 e. The van der Waals surface area contributed by atoms with Gasteiger partial charge < -0.3 is 24.8 Å². The molecular formula is C30H25N3O6. The average molecular weight is 524 g/mol. The van der Waals surface area contributed by atoms with Crippen LogP contribution in [0.4, 0.5) is 16.2 Å². The normalized spacial score (nSPS) is 11.3. The molecule has 0 saturated heterocycles. The van der Waals surface area contributed by atoms with Crippen molar-refractivity contribution in [2.45, 2.75) is 13.8 Å². The number of phenolic OH excluding ortho intramolecular Hbond substituents is 1. The van der Waals surface area contributed by atoms with Gasteiger partial charge in [0, 0.05) is 22.7 Å². The highest BCUT2D eigenvalue weighted by Gasteiger charge is 2.20. The van der Waals surface area contributed by atoms with E-state index in [9.17, 15) is 15.0 Å². The Balaban J connectivity index is 1.60. The lowest BCUT2D eigenvalue weighted by atomic mass is 10.0. The minimum atomic E-state index is -1.43. The zero-order chi connectivity index (χ0) is 27.7. The molecule has 0 bridgehead atoms. The van der Waals surface area contributed by atoms with E-state index in [-0.39, 0.29) is 28.8 Å². The average Bonchev–Trinajstić information content (AvgIpc) is 3.19. The molecule has 9 heteroatoms. The number of benzene rings is 4. The number of aromatic nitrogens is 1. The molecule has 0 unspecified atom stereocenters. The molecule has 0 saturated carbocycles. The van der Waals surface area contributed by atoms with Crippen molar-refractivity contribution >= 4 is 28.4 Å². The van der Waals surface area contributed by atoms with Gasteiger partial charge in [0.05, 0.1) is 12.6 Å². The Bertz CT molecular complexity index is 1760. The number of carbonyl (C=O) groups is 1. The number of carboxylic acid groups (broad SMARTS) is 1. The summed E-state index contributed by atoms with van der Waals surface area (Å²) in [6, 6.07) is 22.5. The van der Waals surface area contributed by atoms with Crippen molar-refractivity contribution in [1.82, 2.24) is 4.57 Å². The molecule has 39 heavy (non-hydrogen) atoms. The summed E-state index contributed by atoms with van der Waals surface area (Å²) in [5, 5.41) is 40.5. The van der Waals surface area contributed by atoms with E-state index in [0.29, 0.717) is 27.8 Å². The van der Waals surface area contributed by atoms with Crippen molar-refractivity contribution in [3.05, 3.63) is 90.0 Å². The minimum absolute atomic E-state index is 0.112. The Morgan fingerprint density at radius 3 is 2.38 bits per heavy atom. The van der Waals surface area contributed by atoms with Gasteiger partial charge in [-0.3, -0.25) is 4.57 Å². The smallest absolute Gasteiger partial charge is 0.505 e. The first-order valence-electron chi connectivity index (χ1n) is 12.0. The van der Waals surface area contributed by atoms with E-state index in [1.807, 2.05) is 38.1 Å². The van der Waals surface area contributed by atoms with Crippen molar-refractivity contribution in [2.24, 2.45) is 10.2 Å². The Morgan fingerprint density at radius 2 is 1.64 bits per heavy atom. The van der Waals surface area contributed by atoms with Crippen LogP contribution in [0.2, 0.25) is 0 Å². The van der Waals surface area contributed by atoms with Crippen LogP contribution in [0.15, 0.2) is 89.1 Å². The van der Waals surface area contributed by atoms with E-state index >= 15 is 0 Å². The summed E-state index contributed by atoms with van der Waals surface area (Å²) in [6.07, 6.45) is -1.43. The maximum absolute atomic E-state index is 11.3. The van der Waals surface area contributed by atoms with Crippen LogP contribution in [-0.4, -0.2) is 33.2 Å². The topological polar surface area (TPSA) is 126 Å². The van der Waals surface area contributed by atoms with Gasteiger partial charge >= 0.3 is 6.16 Å². The van der Waals surface area contributed by atoms with Crippen molar-refractivity contribution in [2.75, 3.05) is 7.11 Å². The van der Waals surface area contributed by atoms with Crippen LogP contribution < -0.4 is 9.47 Å². The third kappa shape index (κ3) is 4.85. The molecule has 5 aromatic rings. The van der Waals surface area contributed by atoms with E-state index in [0.717, 1.165) is 16.8 Å². The molecule has 3 N–H and O–H groups in total. The van der Waals surface area contributed by atoms with Gasteiger partial charge in [0.25, 0.3) is 0 Å². The first-order chi connectivity index (χ1) is 18.8. The fourth-order valence-electron chi connectivity index (χ4n) is 4.37. The van der Waals surface area contributed by atoms with E-state index in [1.165, 1.54) is 12.1 Å². The first-order valence-corrected chi connectivity index (χ1v) is 12.0. The Hall–Kier alpha value is -5.31. The van der Waals surface area contributed by atoms with Gasteiger partial charge in [-0.25, -0.2) is 4.79 Å². The SMILES string of the molecule is COc1ccc2c(N=Nc3cccc(-c4cccc(OC(=O)O)c4)c3O)c(O)n(-c3ccc(C)c(C)c3)c2c1. The fraction of sp³-hybridized carbons (Fsp3) is 0.100. The molecule has 0 radical (unpaired) electrons. The second-order valence-corrected chi connectivity index (χ2v) is 8.93. The third-order valence-corrected chi connectivity index (χ3v) is 6.50. The number of aromatic hydroxyl groups is 2. The van der Waals surface area contributed by atoms with Gasteiger partial charge in [-0.05, 0) is 73.0 Å². The number of fused-ring (bicyclic) bond motifs is 1. The summed E-state index contributed by atoms with van der Waals surface area (Å²) >= 11 is 0. The quantitative estimate of drug-likeness (QED) is 0.118. The van der Waals surface area contributed by atoms with E-state index in [4.69, 9.17) is 14.6 Å². The molecule has 1 heterocycles. The molecule has 0 spiro atoms. The molecule has 0 aliphatic rings. The number of azo groups is 1. The van der Waals surface area contributed by atoms with Crippen LogP contribution in [-0.2, 0) is 0 Å². The number of rotatable bonds is 6. The molecule has 196 valence electrons. The summed E-state index contributed by atoms with van der Waals surface area (Å²) in [7, 11) is 1.57. The molecule has 0 amide bonds. The van der Waals surface area contributed by atoms with Crippen LogP contribution in [0.3, 0.4) is 0 Å². The predicted octanol–water partition coefficient (Wildman–Crippen LogP) is 7.81. The number of aryl methyl sites for hydroxylation is 2. The van der Waals surface area contributed by atoms with Gasteiger partial charge in [-0.2, -0.15) is 0 Å². The third-order valence-electron chi connectivity index (χ3n) is 6.50. The number of phenols is 1. The van der Waals surface area contributed by atoms with Gasteiger partial charge in [0.2, 0.25) is 5.88 Å². The first kappa shape index (κ1) is 25.3. The van der Waals surface area contributed by atoms with Gasteiger partial charge in [-0.15, -0.1) is 10.2 Å². The summed E-state index contributed by atoms with van der Waals surface area (Å²) in [6.45, 7) is 4.02. The zero-order valence-electron chi connectivity index (χ0n) is 21.4. The van der Waals surface area contributed by atoms with Gasteiger partial charge in [-0.1, -0.05) is 30.3 Å². The lowest BCUT2D eigenvalue weighted by molar-refractivity contribution is 0.144. The highest BCUT2D eigenvalue weighted by Crippen LogP contribution is 2.44. The number of methoxy groups -OCH3 is 1. The minimum Gasteiger partial charge on any atom is -0.505 e. The van der Waals surface area contributed by atoms with Crippen molar-refractivity contribution in [1.29, 1.82) is 0 Å². The van der Waals surface area contributed by atoms with E-state index in [2.05, 4.69) is 10.2 Å². The molecule has 1 aromatic heterocycles. The van der Waals surface area contributed by atoms with E-state index in [1.54, 1.807) is 54.1 Å². The number of hydrogen-bond acceptors (Lipinski definition) is 7. The summed E-state index contributed by atoms with van der Waals surface area (Å²) < 4.78 is 11.8. The molecule has 0 fully saturated rings. The molecule has 0 aliphatic carbocycles. The van der Waals surface area contributed by atoms with E-state index < -0.39 is 6.16 Å². The Morgan fingerprint density at radius 1 is 0.846 bits per heavy atom. The highest BCUT2D eigenvalue weighted by molar-refractivity contribution is 5.97. The van der Waals surface area contributed by atoms with Gasteiger partial charge in [0.15, 0.2) is 11.4 Å². The predicted molar refractivity (Wildman–Crippen MR) is 147 cm³/mol. The number of ether oxygens (including phenoxy) is 2. The van der Waals surface area contributed by atoms with Crippen LogP contribution in [0.5, 0.6) is 23.1 Å². The number of para-hydroxylation sites is 1. The Kier molecular flexibility index (Phi) is 6.64. The second kappa shape index (κ2) is 10.2.